The average molecular weight is 1320 g/mol. The maximum atomic E-state index is 16.7. The van der Waals surface area contributed by atoms with Gasteiger partial charge in [0, 0.05) is 69.4 Å². The number of imidazole rings is 1. The molecule has 0 aliphatic carbocycles. The highest BCUT2D eigenvalue weighted by atomic mass is 32.7. The van der Waals surface area contributed by atoms with E-state index in [0.717, 1.165) is 39.2 Å². The number of aliphatic hydroxyl groups is 1. The van der Waals surface area contributed by atoms with Gasteiger partial charge in [0.25, 0.3) is 17.4 Å². The maximum absolute atomic E-state index is 16.7. The topological polar surface area (TPSA) is 378 Å². The van der Waals surface area contributed by atoms with Gasteiger partial charge in [-0.3, -0.25) is 56.6 Å². The fourth-order valence-electron chi connectivity index (χ4n) is 10.2. The summed E-state index contributed by atoms with van der Waals surface area (Å²) < 4.78 is 87.4. The summed E-state index contributed by atoms with van der Waals surface area (Å²) in [7, 11) is 1.48. The minimum atomic E-state index is -4.60. The number of nitrogens with one attached hydrogen (secondary N) is 4. The zero-order valence-electron chi connectivity index (χ0n) is 48.1. The minimum absolute atomic E-state index is 0.00292. The molecule has 9 rings (SSSR count). The van der Waals surface area contributed by atoms with E-state index in [2.05, 4.69) is 53.1 Å². The third kappa shape index (κ3) is 16.0. The number of Topliss-reactive ketones (excluding diaryl/α,β-unsaturated/α-hetero) is 1. The van der Waals surface area contributed by atoms with Crippen LogP contribution in [0.2, 0.25) is 0 Å². The molecule has 4 aliphatic rings. The van der Waals surface area contributed by atoms with Crippen LogP contribution in [0.25, 0.3) is 22.2 Å². The van der Waals surface area contributed by atoms with E-state index >= 15 is 8.78 Å². The zero-order valence-corrected chi connectivity index (χ0v) is 51.6. The van der Waals surface area contributed by atoms with E-state index in [9.17, 15) is 52.9 Å². The van der Waals surface area contributed by atoms with E-state index in [0.29, 0.717) is 30.5 Å². The Kier molecular flexibility index (Phi) is 21.4. The molecule has 12 atom stereocenters. The van der Waals surface area contributed by atoms with Crippen molar-refractivity contribution in [1.82, 2.24) is 49.2 Å². The van der Waals surface area contributed by atoms with Gasteiger partial charge in [0.1, 0.15) is 48.8 Å². The molecular formula is C53H64F2N12O18P2S2. The number of aromatic nitrogens is 7. The van der Waals surface area contributed by atoms with Crippen molar-refractivity contribution in [2.45, 2.75) is 128 Å². The van der Waals surface area contributed by atoms with Crippen LogP contribution in [-0.2, 0) is 84.1 Å². The van der Waals surface area contributed by atoms with Crippen LogP contribution in [0.5, 0.6) is 0 Å². The van der Waals surface area contributed by atoms with Gasteiger partial charge in [-0.05, 0) is 54.7 Å². The number of hydrogen-bond donors (Lipinski definition) is 7. The Balaban J connectivity index is 0.716. The molecule has 3 fully saturated rings. The first kappa shape index (κ1) is 66.6. The van der Waals surface area contributed by atoms with Crippen LogP contribution in [-0.4, -0.2) is 171 Å². The number of aromatic amines is 1. The molecule has 30 nitrogen and oxygen atoms in total. The molecule has 6 amide bonds. The summed E-state index contributed by atoms with van der Waals surface area (Å²) in [6, 6.07) is 5.71. The van der Waals surface area contributed by atoms with Gasteiger partial charge >= 0.3 is 19.6 Å². The standard InChI is InChI=1S/C53H64F2N12O18P2S2/c1-27(2)41(62-35(69)9-6-5-7-18-65-37(71)15-16-38(65)72)32(68)19-28(3)49(74)61-30-13-11-29(12-14-30)21-79-53(76)64(4)17-8-10-36(70)63-46-42-48(58-24-56-46)67(26-60-42)51-40(55)44-34(83-51)23-81-87(78,89)85-45-43(73)33(22-80-86(77,88)84-44)82-52(45)66-20-31(54)39-47(66)57-25-59-50(39)75/h11-16,20,24-28,33-34,40-41,43-45,51-52,73H,5-10,17-19,21-23H2,1-4H3,(H,61,74)(H,62,69)(H,77,88)(H,78,89)(H,57,59,75)(H,56,58,63,70)/t28-,33-,34-,40-,41+,43-,44-,45-,51-,52-,86?,87?/m1/s1. The summed E-state index contributed by atoms with van der Waals surface area (Å²) in [6.07, 6.45) is -5.95. The average Bonchev–Trinajstić information content (AvgIpc) is 1.67. The van der Waals surface area contributed by atoms with Crippen molar-refractivity contribution in [3.8, 4) is 0 Å². The third-order valence-electron chi connectivity index (χ3n) is 14.9. The lowest BCUT2D eigenvalue weighted by Crippen LogP contribution is -2.45. The van der Waals surface area contributed by atoms with Crippen LogP contribution >= 0.6 is 25.8 Å². The molecule has 8 heterocycles. The molecule has 2 unspecified atom stereocenters. The number of unbranched alkanes of at least 4 members (excludes halogenated alkanes) is 2. The monoisotopic (exact) mass is 1320 g/mol. The number of H-pyrrole nitrogens is 1. The van der Waals surface area contributed by atoms with E-state index in [4.69, 9.17) is 44.1 Å². The number of alkyl halides is 1. The summed E-state index contributed by atoms with van der Waals surface area (Å²) in [5.74, 6) is -4.33. The van der Waals surface area contributed by atoms with Gasteiger partial charge in [-0.1, -0.05) is 51.6 Å². The van der Waals surface area contributed by atoms with Crippen molar-refractivity contribution in [3.05, 3.63) is 83.3 Å². The van der Waals surface area contributed by atoms with Gasteiger partial charge < -0.3 is 59.1 Å². The first-order valence-corrected chi connectivity index (χ1v) is 33.4. The van der Waals surface area contributed by atoms with Crippen LogP contribution in [0, 0.1) is 17.7 Å². The molecule has 4 aliphatic heterocycles. The van der Waals surface area contributed by atoms with Gasteiger partial charge in [-0.25, -0.2) is 38.1 Å². The Labute approximate surface area is 515 Å². The Bertz CT molecular complexity index is 3670. The number of anilines is 2. The number of rotatable bonds is 22. The fourth-order valence-corrected chi connectivity index (χ4v) is 13.1. The minimum Gasteiger partial charge on any atom is -0.445 e. The van der Waals surface area contributed by atoms with Crippen LogP contribution in [0.1, 0.15) is 83.7 Å². The first-order valence-electron chi connectivity index (χ1n) is 28.1. The number of thiol groups is 1. The van der Waals surface area contributed by atoms with Gasteiger partial charge in [-0.2, -0.15) is 0 Å². The largest absolute Gasteiger partial charge is 0.445 e. The molecule has 480 valence electrons. The fraction of sp³-hybridized carbons (Fsp3) is 0.509. The molecule has 89 heavy (non-hydrogen) atoms. The number of amides is 6. The molecule has 3 saturated heterocycles. The van der Waals surface area contributed by atoms with Crippen molar-refractivity contribution in [3.63, 3.8) is 0 Å². The number of hydrogen-bond acceptors (Lipinski definition) is 22. The second-order valence-corrected chi connectivity index (χ2v) is 27.4. The Morgan fingerprint density at radius 3 is 2.33 bits per heavy atom. The molecule has 5 aromatic rings. The second-order valence-electron chi connectivity index (χ2n) is 21.7. The summed E-state index contributed by atoms with van der Waals surface area (Å²) in [4.78, 5) is 134. The Morgan fingerprint density at radius 2 is 1.60 bits per heavy atom. The third-order valence-corrected chi connectivity index (χ3v) is 18.1. The molecule has 2 bridgehead atoms. The van der Waals surface area contributed by atoms with E-state index in [1.54, 1.807) is 45.0 Å². The SMILES string of the molecule is CC(C)[C@H](NC(=O)CCCCCN1C(=O)C=CC1=O)C(=O)C[C@@H](C)C(=O)Nc1ccc(COC(=O)N(C)CCCC(=O)Nc2ncnc3c2ncn3[C@@H]2O[C@@H]3COP(O)(=S)O[C@@H]4[C@H](O)[C@@H](COP(=O)(S)O[C@H]3[C@H]2F)O[C@H]4n2cc(F)c3c(=O)[nH]cnc32)cc1. The smallest absolute Gasteiger partial charge is 0.409 e. The molecule has 36 heteroatoms. The van der Waals surface area contributed by atoms with Gasteiger partial charge in [-0.15, -0.1) is 0 Å². The number of nitrogens with zero attached hydrogens (tertiary/aromatic N) is 8. The van der Waals surface area contributed by atoms with Crippen molar-refractivity contribution in [2.75, 3.05) is 44.0 Å². The molecule has 0 spiro atoms. The number of fused-ring (bicyclic) bond motifs is 5. The highest BCUT2D eigenvalue weighted by molar-refractivity contribution is 8.44. The molecular weight excluding hydrogens is 1260 g/mol. The lowest BCUT2D eigenvalue weighted by molar-refractivity contribution is -0.137. The number of benzene rings is 1. The highest BCUT2D eigenvalue weighted by Gasteiger charge is 2.54. The number of ether oxygens (including phenoxy) is 3. The van der Waals surface area contributed by atoms with Crippen molar-refractivity contribution < 1.29 is 89.2 Å². The predicted octanol–water partition coefficient (Wildman–Crippen LogP) is 4.42. The lowest BCUT2D eigenvalue weighted by Gasteiger charge is -2.27. The van der Waals surface area contributed by atoms with Crippen molar-refractivity contribution in [1.29, 1.82) is 0 Å². The number of halogens is 2. The van der Waals surface area contributed by atoms with E-state index in [1.807, 2.05) is 0 Å². The van der Waals surface area contributed by atoms with Crippen LogP contribution in [0.15, 0.2) is 66.4 Å². The first-order chi connectivity index (χ1) is 42.3. The Morgan fingerprint density at radius 1 is 0.888 bits per heavy atom. The summed E-state index contributed by atoms with van der Waals surface area (Å²) in [6.45, 7) is -5.15. The van der Waals surface area contributed by atoms with E-state index in [-0.39, 0.29) is 97.4 Å². The number of ketones is 1. The van der Waals surface area contributed by atoms with Crippen molar-refractivity contribution >= 4 is 113 Å². The lowest BCUT2D eigenvalue weighted by atomic mass is 9.92. The highest BCUT2D eigenvalue weighted by Crippen LogP contribution is 2.58. The maximum Gasteiger partial charge on any atom is 0.409 e. The van der Waals surface area contributed by atoms with Crippen LogP contribution in [0.4, 0.5) is 25.1 Å². The Hall–Kier alpha value is -6.81. The van der Waals surface area contributed by atoms with Crippen LogP contribution in [0.3, 0.4) is 0 Å². The summed E-state index contributed by atoms with van der Waals surface area (Å²) in [5.41, 5.74) is -0.0564. The van der Waals surface area contributed by atoms with Crippen LogP contribution < -0.4 is 21.5 Å². The molecule has 4 aromatic heterocycles. The molecule has 6 N–H and O–H groups in total. The normalized spacial score (nSPS) is 26.1. The molecule has 0 saturated carbocycles. The second kappa shape index (κ2) is 28.6. The van der Waals surface area contributed by atoms with E-state index in [1.165, 1.54) is 24.1 Å². The van der Waals surface area contributed by atoms with Gasteiger partial charge in [0.05, 0.1) is 31.9 Å². The van der Waals surface area contributed by atoms with E-state index < -0.39 is 123 Å². The zero-order chi connectivity index (χ0) is 64.1. The quantitative estimate of drug-likeness (QED) is 0.0218. The predicted molar refractivity (Wildman–Crippen MR) is 315 cm³/mol. The number of carbonyl (C=O) groups excluding carboxylic acids is 7. The number of imide groups is 1. The number of aliphatic hydroxyl groups excluding tert-OH is 1. The molecule has 0 radical (unpaired) electrons. The summed E-state index contributed by atoms with van der Waals surface area (Å²) in [5, 5.41) is 19.1. The van der Waals surface area contributed by atoms with Gasteiger partial charge in [0.15, 0.2) is 52.9 Å². The number of carbonyl (C=O) groups is 7. The molecule has 1 aromatic carbocycles. The summed E-state index contributed by atoms with van der Waals surface area (Å²) >= 11 is 9.32. The van der Waals surface area contributed by atoms with Crippen molar-refractivity contribution in [2.24, 2.45) is 11.8 Å². The van der Waals surface area contributed by atoms with Gasteiger partial charge in [0.2, 0.25) is 17.7 Å².